The van der Waals surface area contributed by atoms with Crippen molar-refractivity contribution in [3.8, 4) is 0 Å². The maximum Gasteiger partial charge on any atom is 0.332 e. The lowest BCUT2D eigenvalue weighted by atomic mass is 9.97. The van der Waals surface area contributed by atoms with Crippen LogP contribution in [-0.4, -0.2) is 53.6 Å². The van der Waals surface area contributed by atoms with E-state index >= 15 is 0 Å². The summed E-state index contributed by atoms with van der Waals surface area (Å²) in [5.74, 6) is -0.262. The van der Waals surface area contributed by atoms with E-state index in [0.29, 0.717) is 19.8 Å². The molecule has 0 aliphatic carbocycles. The first-order chi connectivity index (χ1) is 11.8. The van der Waals surface area contributed by atoms with E-state index in [4.69, 9.17) is 9.47 Å². The Morgan fingerprint density at radius 2 is 2.00 bits per heavy atom. The van der Waals surface area contributed by atoms with Crippen molar-refractivity contribution in [1.29, 1.82) is 0 Å². The van der Waals surface area contributed by atoms with Gasteiger partial charge in [0.05, 0.1) is 25.9 Å². The number of aromatic nitrogens is 2. The quantitative estimate of drug-likeness (QED) is 0.759. The third-order valence-electron chi connectivity index (χ3n) is 4.22. The fourth-order valence-electron chi connectivity index (χ4n) is 3.15. The van der Waals surface area contributed by atoms with E-state index in [-0.39, 0.29) is 12.0 Å². The number of carbonyl (C=O) groups excluding carboxylic acids is 1. The molecule has 0 bridgehead atoms. The molecule has 1 fully saturated rings. The van der Waals surface area contributed by atoms with Crippen molar-refractivity contribution in [3.63, 3.8) is 0 Å². The predicted molar refractivity (Wildman–Crippen MR) is 89.5 cm³/mol. The molecule has 1 aromatic heterocycles. The maximum absolute atomic E-state index is 12.8. The van der Waals surface area contributed by atoms with Gasteiger partial charge in [0.25, 0.3) is 0 Å². The molecule has 1 aromatic carbocycles. The molecular formula is C18H23N3O3. The summed E-state index contributed by atoms with van der Waals surface area (Å²) in [6.07, 6.45) is 3.51. The summed E-state index contributed by atoms with van der Waals surface area (Å²) in [6, 6.07) is 11.2. The van der Waals surface area contributed by atoms with Gasteiger partial charge in [-0.15, -0.1) is 0 Å². The molecule has 3 rings (SSSR count). The van der Waals surface area contributed by atoms with Crippen LogP contribution in [-0.2, 0) is 14.3 Å². The minimum absolute atomic E-state index is 0.144. The van der Waals surface area contributed by atoms with Crippen LogP contribution in [0.3, 0.4) is 0 Å². The Balaban J connectivity index is 2.01. The van der Waals surface area contributed by atoms with Crippen molar-refractivity contribution in [2.45, 2.75) is 19.0 Å². The van der Waals surface area contributed by atoms with E-state index in [1.165, 1.54) is 0 Å². The molecule has 0 spiro atoms. The zero-order valence-electron chi connectivity index (χ0n) is 13.9. The maximum atomic E-state index is 12.8. The summed E-state index contributed by atoms with van der Waals surface area (Å²) in [4.78, 5) is 15.0. The highest BCUT2D eigenvalue weighted by Gasteiger charge is 2.37. The zero-order chi connectivity index (χ0) is 16.8. The Hall–Kier alpha value is -2.18. The predicted octanol–water partition coefficient (Wildman–Crippen LogP) is 2.06. The fraction of sp³-hybridized carbons (Fsp3) is 0.444. The van der Waals surface area contributed by atoms with Crippen molar-refractivity contribution >= 4 is 5.97 Å². The monoisotopic (exact) mass is 329 g/mol. The largest absolute Gasteiger partial charge is 0.464 e. The Morgan fingerprint density at radius 1 is 1.25 bits per heavy atom. The Labute approximate surface area is 142 Å². The summed E-state index contributed by atoms with van der Waals surface area (Å²) < 4.78 is 12.5. The fourth-order valence-corrected chi connectivity index (χ4v) is 3.15. The molecule has 1 saturated heterocycles. The van der Waals surface area contributed by atoms with Crippen LogP contribution in [0.4, 0.5) is 0 Å². The first kappa shape index (κ1) is 16.7. The van der Waals surface area contributed by atoms with Crippen molar-refractivity contribution in [2.75, 3.05) is 32.9 Å². The van der Waals surface area contributed by atoms with Crippen molar-refractivity contribution < 1.29 is 14.3 Å². The lowest BCUT2D eigenvalue weighted by Crippen LogP contribution is -2.44. The van der Waals surface area contributed by atoms with Gasteiger partial charge in [0.15, 0.2) is 6.04 Å². The summed E-state index contributed by atoms with van der Waals surface area (Å²) >= 11 is 0. The third kappa shape index (κ3) is 3.66. The third-order valence-corrected chi connectivity index (χ3v) is 4.22. The molecule has 2 heterocycles. The van der Waals surface area contributed by atoms with Crippen molar-refractivity contribution in [1.82, 2.24) is 14.7 Å². The van der Waals surface area contributed by atoms with Gasteiger partial charge in [-0.25, -0.2) is 4.79 Å². The number of hydrogen-bond donors (Lipinski definition) is 0. The van der Waals surface area contributed by atoms with Gasteiger partial charge in [0.1, 0.15) is 0 Å². The first-order valence-electron chi connectivity index (χ1n) is 8.33. The van der Waals surface area contributed by atoms with Gasteiger partial charge in [-0.3, -0.25) is 9.58 Å². The molecule has 0 saturated carbocycles. The second-order valence-corrected chi connectivity index (χ2v) is 5.69. The van der Waals surface area contributed by atoms with Crippen LogP contribution < -0.4 is 0 Å². The molecule has 24 heavy (non-hydrogen) atoms. The van der Waals surface area contributed by atoms with Gasteiger partial charge < -0.3 is 9.47 Å². The van der Waals surface area contributed by atoms with Crippen molar-refractivity contribution in [2.24, 2.45) is 0 Å². The van der Waals surface area contributed by atoms with Gasteiger partial charge in [0.2, 0.25) is 0 Å². The number of ether oxygens (including phenoxy) is 2. The summed E-state index contributed by atoms with van der Waals surface area (Å²) in [6.45, 7) is 5.05. The molecule has 128 valence electrons. The van der Waals surface area contributed by atoms with Gasteiger partial charge in [-0.2, -0.15) is 5.10 Å². The highest BCUT2D eigenvalue weighted by atomic mass is 16.5. The standard InChI is InChI=1S/C18H23N3O3/c1-2-24-18(22)17(21-10-6-9-19-21)16(15-7-4-3-5-8-15)20-11-13-23-14-12-20/h3-10,16-17H,2,11-14H2,1H3/t16-,17+/m1/s1. The smallest absolute Gasteiger partial charge is 0.332 e. The second kappa shape index (κ2) is 8.08. The summed E-state index contributed by atoms with van der Waals surface area (Å²) in [5.41, 5.74) is 1.08. The topological polar surface area (TPSA) is 56.6 Å². The highest BCUT2D eigenvalue weighted by molar-refractivity contribution is 5.75. The number of hydrogen-bond acceptors (Lipinski definition) is 5. The van der Waals surface area contributed by atoms with Gasteiger partial charge in [-0.05, 0) is 18.6 Å². The average Bonchev–Trinajstić information content (AvgIpc) is 3.15. The van der Waals surface area contributed by atoms with Crippen LogP contribution in [0, 0.1) is 0 Å². The molecule has 1 aliphatic rings. The molecule has 1 aliphatic heterocycles. The van der Waals surface area contributed by atoms with E-state index in [1.807, 2.05) is 37.4 Å². The van der Waals surface area contributed by atoms with E-state index in [2.05, 4.69) is 22.1 Å². The first-order valence-corrected chi connectivity index (χ1v) is 8.33. The SMILES string of the molecule is CCOC(=O)[C@H]([C@@H](c1ccccc1)N1CCOCC1)n1cccn1. The average molecular weight is 329 g/mol. The molecule has 2 atom stereocenters. The summed E-state index contributed by atoms with van der Waals surface area (Å²) in [7, 11) is 0. The molecule has 0 radical (unpaired) electrons. The molecule has 2 aromatic rings. The van der Waals surface area contributed by atoms with Crippen LogP contribution in [0.5, 0.6) is 0 Å². The second-order valence-electron chi connectivity index (χ2n) is 5.69. The van der Waals surface area contributed by atoms with Gasteiger partial charge >= 0.3 is 5.97 Å². The van der Waals surface area contributed by atoms with Crippen molar-refractivity contribution in [3.05, 3.63) is 54.4 Å². The minimum atomic E-state index is -0.527. The van der Waals surface area contributed by atoms with Crippen LogP contribution in [0.1, 0.15) is 24.6 Å². The number of esters is 1. The molecule has 6 nitrogen and oxygen atoms in total. The Bertz CT molecular complexity index is 624. The Morgan fingerprint density at radius 3 is 2.62 bits per heavy atom. The van der Waals surface area contributed by atoms with Crippen LogP contribution in [0.25, 0.3) is 0 Å². The molecule has 0 unspecified atom stereocenters. The Kier molecular flexibility index (Phi) is 5.61. The lowest BCUT2D eigenvalue weighted by Gasteiger charge is -2.38. The number of carbonyl (C=O) groups is 1. The van der Waals surface area contributed by atoms with E-state index < -0.39 is 6.04 Å². The highest BCUT2D eigenvalue weighted by Crippen LogP contribution is 2.33. The van der Waals surface area contributed by atoms with E-state index in [1.54, 1.807) is 10.9 Å². The lowest BCUT2D eigenvalue weighted by molar-refractivity contribution is -0.151. The number of nitrogens with zero attached hydrogens (tertiary/aromatic N) is 3. The van der Waals surface area contributed by atoms with E-state index in [0.717, 1.165) is 18.7 Å². The van der Waals surface area contributed by atoms with Crippen LogP contribution >= 0.6 is 0 Å². The van der Waals surface area contributed by atoms with Gasteiger partial charge in [0, 0.05) is 25.5 Å². The molecule has 0 amide bonds. The molecular weight excluding hydrogens is 306 g/mol. The molecule has 6 heteroatoms. The van der Waals surface area contributed by atoms with Gasteiger partial charge in [-0.1, -0.05) is 30.3 Å². The van der Waals surface area contributed by atoms with Crippen LogP contribution in [0.15, 0.2) is 48.8 Å². The normalized spacial score (nSPS) is 18.0. The minimum Gasteiger partial charge on any atom is -0.464 e. The molecule has 0 N–H and O–H groups in total. The number of rotatable bonds is 6. The van der Waals surface area contributed by atoms with Crippen LogP contribution in [0.2, 0.25) is 0 Å². The number of morpholine rings is 1. The van der Waals surface area contributed by atoms with E-state index in [9.17, 15) is 4.79 Å². The zero-order valence-corrected chi connectivity index (χ0v) is 13.9. The summed E-state index contributed by atoms with van der Waals surface area (Å²) in [5, 5.41) is 4.32. The number of benzene rings is 1.